The van der Waals surface area contributed by atoms with Crippen LogP contribution in [0.1, 0.15) is 11.1 Å². The quantitative estimate of drug-likeness (QED) is 0.888. The van der Waals surface area contributed by atoms with Crippen LogP contribution in [0.5, 0.6) is 5.75 Å². The highest BCUT2D eigenvalue weighted by molar-refractivity contribution is 7.92. The molecule has 3 N–H and O–H groups in total. The van der Waals surface area contributed by atoms with Crippen molar-refractivity contribution in [2.45, 2.75) is 18.4 Å². The van der Waals surface area contributed by atoms with Crippen molar-refractivity contribution in [1.82, 2.24) is 0 Å². The molecule has 0 bridgehead atoms. The summed E-state index contributed by atoms with van der Waals surface area (Å²) < 4.78 is 32.4. The number of aryl methyl sites for hydroxylation is 1. The van der Waals surface area contributed by atoms with Gasteiger partial charge in [0.05, 0.1) is 17.7 Å². The van der Waals surface area contributed by atoms with E-state index in [1.54, 1.807) is 18.2 Å². The third-order valence-corrected chi connectivity index (χ3v) is 4.53. The highest BCUT2D eigenvalue weighted by Gasteiger charge is 2.15. The molecule has 0 amide bonds. The summed E-state index contributed by atoms with van der Waals surface area (Å²) in [6.45, 7) is 2.20. The van der Waals surface area contributed by atoms with Gasteiger partial charge in [-0.1, -0.05) is 12.1 Å². The lowest BCUT2D eigenvalue weighted by molar-refractivity contribution is 0.414. The van der Waals surface area contributed by atoms with Gasteiger partial charge in [-0.3, -0.25) is 4.72 Å². The monoisotopic (exact) mass is 306 g/mol. The van der Waals surface area contributed by atoms with Crippen molar-refractivity contribution in [3.05, 3.63) is 53.6 Å². The normalized spacial score (nSPS) is 11.2. The summed E-state index contributed by atoms with van der Waals surface area (Å²) in [5.41, 5.74) is 7.83. The molecular formula is C15H18N2O3S. The molecule has 2 rings (SSSR count). The Morgan fingerprint density at radius 3 is 2.38 bits per heavy atom. The van der Waals surface area contributed by atoms with Gasteiger partial charge >= 0.3 is 0 Å². The predicted molar refractivity (Wildman–Crippen MR) is 82.9 cm³/mol. The molecule has 2 aromatic carbocycles. The highest BCUT2D eigenvalue weighted by atomic mass is 32.2. The topological polar surface area (TPSA) is 81.4 Å². The molecule has 0 saturated carbocycles. The third kappa shape index (κ3) is 3.53. The second kappa shape index (κ2) is 6.15. The molecule has 21 heavy (non-hydrogen) atoms. The van der Waals surface area contributed by atoms with Crippen LogP contribution in [-0.4, -0.2) is 15.5 Å². The number of ether oxygens (including phenoxy) is 1. The number of anilines is 1. The molecule has 0 aliphatic rings. The Balaban J connectivity index is 2.32. The molecule has 0 atom stereocenters. The molecule has 0 unspecified atom stereocenters. The number of nitrogens with two attached hydrogens (primary N) is 1. The van der Waals surface area contributed by atoms with Gasteiger partial charge in [0.15, 0.2) is 0 Å². The zero-order valence-corrected chi connectivity index (χ0v) is 12.8. The number of nitrogens with one attached hydrogen (secondary N) is 1. The van der Waals surface area contributed by atoms with Crippen LogP contribution in [-0.2, 0) is 16.6 Å². The minimum absolute atomic E-state index is 0.181. The molecule has 0 aliphatic heterocycles. The molecule has 0 fully saturated rings. The van der Waals surface area contributed by atoms with Crippen molar-refractivity contribution in [2.24, 2.45) is 5.73 Å². The number of sulfonamides is 1. The predicted octanol–water partition coefficient (Wildman–Crippen LogP) is 2.26. The molecule has 2 aromatic rings. The summed E-state index contributed by atoms with van der Waals surface area (Å²) in [5, 5.41) is 0. The average molecular weight is 306 g/mol. The largest absolute Gasteiger partial charge is 0.497 e. The van der Waals surface area contributed by atoms with Crippen molar-refractivity contribution in [2.75, 3.05) is 11.8 Å². The molecule has 5 nitrogen and oxygen atoms in total. The summed E-state index contributed by atoms with van der Waals surface area (Å²) in [4.78, 5) is 0.181. The fourth-order valence-electron chi connectivity index (χ4n) is 1.86. The second-order valence-electron chi connectivity index (χ2n) is 4.63. The van der Waals surface area contributed by atoms with E-state index < -0.39 is 10.0 Å². The van der Waals surface area contributed by atoms with E-state index in [1.165, 1.54) is 19.2 Å². The maximum absolute atomic E-state index is 12.4. The van der Waals surface area contributed by atoms with Crippen LogP contribution < -0.4 is 15.2 Å². The molecule has 112 valence electrons. The Morgan fingerprint density at radius 2 is 1.81 bits per heavy atom. The van der Waals surface area contributed by atoms with Gasteiger partial charge in [-0.05, 0) is 48.4 Å². The van der Waals surface area contributed by atoms with Gasteiger partial charge in [0.2, 0.25) is 0 Å². The lowest BCUT2D eigenvalue weighted by Crippen LogP contribution is -2.14. The summed E-state index contributed by atoms with van der Waals surface area (Å²) >= 11 is 0. The number of rotatable bonds is 5. The van der Waals surface area contributed by atoms with E-state index in [2.05, 4.69) is 4.72 Å². The Morgan fingerprint density at radius 1 is 1.14 bits per heavy atom. The van der Waals surface area contributed by atoms with E-state index in [9.17, 15) is 8.42 Å². The van der Waals surface area contributed by atoms with Gasteiger partial charge in [-0.15, -0.1) is 0 Å². The first kappa shape index (κ1) is 15.3. The molecule has 0 aliphatic carbocycles. The van der Waals surface area contributed by atoms with Gasteiger partial charge in [-0.2, -0.15) is 0 Å². The smallest absolute Gasteiger partial charge is 0.261 e. The molecule has 0 saturated heterocycles. The zero-order valence-electron chi connectivity index (χ0n) is 12.0. The minimum atomic E-state index is -3.63. The lowest BCUT2D eigenvalue weighted by Gasteiger charge is -2.12. The minimum Gasteiger partial charge on any atom is -0.497 e. The molecule has 0 radical (unpaired) electrons. The van der Waals surface area contributed by atoms with E-state index in [-0.39, 0.29) is 4.90 Å². The van der Waals surface area contributed by atoms with Crippen LogP contribution in [0.25, 0.3) is 0 Å². The Labute approximate surface area is 124 Å². The molecule has 6 heteroatoms. The van der Waals surface area contributed by atoms with Gasteiger partial charge in [0.1, 0.15) is 5.75 Å². The first-order valence-electron chi connectivity index (χ1n) is 6.43. The number of hydrogen-bond donors (Lipinski definition) is 2. The lowest BCUT2D eigenvalue weighted by atomic mass is 10.1. The molecule has 0 heterocycles. The van der Waals surface area contributed by atoms with E-state index in [0.717, 1.165) is 11.1 Å². The van der Waals surface area contributed by atoms with Crippen molar-refractivity contribution in [3.63, 3.8) is 0 Å². The standard InChI is InChI=1S/C15H18N2O3S/c1-11-3-4-12(10-16)9-15(11)17-21(18,19)14-7-5-13(20-2)6-8-14/h3-9,17H,10,16H2,1-2H3. The highest BCUT2D eigenvalue weighted by Crippen LogP contribution is 2.22. The van der Waals surface area contributed by atoms with E-state index >= 15 is 0 Å². The Kier molecular flexibility index (Phi) is 4.50. The number of methoxy groups -OCH3 is 1. The van der Waals surface area contributed by atoms with Crippen LogP contribution in [0, 0.1) is 6.92 Å². The van der Waals surface area contributed by atoms with Crippen LogP contribution in [0.3, 0.4) is 0 Å². The maximum atomic E-state index is 12.4. The first-order chi connectivity index (χ1) is 9.96. The summed E-state index contributed by atoms with van der Waals surface area (Å²) in [6.07, 6.45) is 0. The van der Waals surface area contributed by atoms with E-state index in [0.29, 0.717) is 18.0 Å². The van der Waals surface area contributed by atoms with E-state index in [4.69, 9.17) is 10.5 Å². The molecular weight excluding hydrogens is 288 g/mol. The van der Waals surface area contributed by atoms with Crippen LogP contribution in [0.2, 0.25) is 0 Å². The Hall–Kier alpha value is -2.05. The molecule has 0 aromatic heterocycles. The SMILES string of the molecule is COc1ccc(S(=O)(=O)Nc2cc(CN)ccc2C)cc1. The van der Waals surface area contributed by atoms with Crippen molar-refractivity contribution in [3.8, 4) is 5.75 Å². The Bertz CT molecular complexity index is 725. The van der Waals surface area contributed by atoms with Crippen LogP contribution >= 0.6 is 0 Å². The molecule has 0 spiro atoms. The van der Waals surface area contributed by atoms with Gasteiger partial charge in [-0.25, -0.2) is 8.42 Å². The fraction of sp³-hybridized carbons (Fsp3) is 0.200. The zero-order chi connectivity index (χ0) is 15.5. The summed E-state index contributed by atoms with van der Waals surface area (Å²) in [5.74, 6) is 0.607. The summed E-state index contributed by atoms with van der Waals surface area (Å²) in [7, 11) is -2.10. The van der Waals surface area contributed by atoms with Gasteiger partial charge in [0.25, 0.3) is 10.0 Å². The van der Waals surface area contributed by atoms with Crippen molar-refractivity contribution >= 4 is 15.7 Å². The summed E-state index contributed by atoms with van der Waals surface area (Å²) in [6, 6.07) is 11.7. The fourth-order valence-corrected chi connectivity index (χ4v) is 2.99. The maximum Gasteiger partial charge on any atom is 0.261 e. The number of hydrogen-bond acceptors (Lipinski definition) is 4. The first-order valence-corrected chi connectivity index (χ1v) is 7.91. The third-order valence-electron chi connectivity index (χ3n) is 3.15. The number of benzene rings is 2. The van der Waals surface area contributed by atoms with E-state index in [1.807, 2.05) is 19.1 Å². The van der Waals surface area contributed by atoms with Crippen LogP contribution in [0.4, 0.5) is 5.69 Å². The second-order valence-corrected chi connectivity index (χ2v) is 6.32. The average Bonchev–Trinajstić information content (AvgIpc) is 2.49. The van der Waals surface area contributed by atoms with Crippen molar-refractivity contribution < 1.29 is 13.2 Å². The van der Waals surface area contributed by atoms with Gasteiger partial charge in [0, 0.05) is 6.54 Å². The van der Waals surface area contributed by atoms with Crippen LogP contribution in [0.15, 0.2) is 47.4 Å². The van der Waals surface area contributed by atoms with Gasteiger partial charge < -0.3 is 10.5 Å². The van der Waals surface area contributed by atoms with Crippen molar-refractivity contribution in [1.29, 1.82) is 0 Å².